The standard InChI is InChI=1S/C12H21F2N3.H2O2.H2O.V/c13-16-3-1-10(2-4-16)7-15-11-5-12(6-11)8-17(14)9-12;1-2;;/h10-11,15H,1-9H2;1-2H;1H2;. The topological polar surface area (TPSA) is 90.5 Å². The van der Waals surface area contributed by atoms with Gasteiger partial charge in [-0.15, -0.1) is 19.2 Å². The van der Waals surface area contributed by atoms with Crippen molar-refractivity contribution in [3.05, 3.63) is 0 Å². The molecule has 21 heavy (non-hydrogen) atoms. The SMILES string of the molecule is FN1CCC(CNC2CC3(C2)CN(F)C3)CC1.O.OO.[V]. The maximum atomic E-state index is 12.8. The Kier molecular flexibility index (Phi) is 9.46. The summed E-state index contributed by atoms with van der Waals surface area (Å²) in [5, 5.41) is 17.4. The maximum Gasteiger partial charge on any atom is 0.0361 e. The second-order valence-corrected chi connectivity index (χ2v) is 6.15. The first-order chi connectivity index (χ1) is 9.15. The van der Waals surface area contributed by atoms with E-state index in [1.165, 1.54) is 0 Å². The fourth-order valence-corrected chi connectivity index (χ4v) is 3.51. The smallest absolute Gasteiger partial charge is 0.0361 e. The van der Waals surface area contributed by atoms with Gasteiger partial charge < -0.3 is 10.8 Å². The molecule has 9 heteroatoms. The molecule has 3 aliphatic rings. The van der Waals surface area contributed by atoms with Gasteiger partial charge in [-0.1, -0.05) is 0 Å². The van der Waals surface area contributed by atoms with Crippen LogP contribution in [0.15, 0.2) is 0 Å². The van der Waals surface area contributed by atoms with Gasteiger partial charge in [-0.25, -0.2) is 0 Å². The average molecular weight is 348 g/mol. The number of hydrogen-bond acceptors (Lipinski definition) is 5. The molecule has 6 nitrogen and oxygen atoms in total. The first kappa shape index (κ1) is 21.2. The van der Waals surface area contributed by atoms with Crippen molar-refractivity contribution in [2.24, 2.45) is 11.3 Å². The minimum absolute atomic E-state index is 0. The quantitative estimate of drug-likeness (QED) is 0.397. The zero-order valence-electron chi connectivity index (χ0n) is 12.0. The second kappa shape index (κ2) is 9.37. The van der Waals surface area contributed by atoms with Crippen molar-refractivity contribution in [2.75, 3.05) is 32.7 Å². The molecule has 0 aromatic carbocycles. The molecule has 0 atom stereocenters. The summed E-state index contributed by atoms with van der Waals surface area (Å²) >= 11 is 0. The maximum absolute atomic E-state index is 12.8. The molecule has 0 unspecified atom stereocenters. The van der Waals surface area contributed by atoms with E-state index < -0.39 is 0 Å². The van der Waals surface area contributed by atoms with E-state index in [-0.39, 0.29) is 24.0 Å². The number of nitrogens with one attached hydrogen (secondary N) is 1. The van der Waals surface area contributed by atoms with Crippen LogP contribution in [0.1, 0.15) is 25.7 Å². The summed E-state index contributed by atoms with van der Waals surface area (Å²) in [4.78, 5) is 0. The zero-order chi connectivity index (χ0) is 13.9. The Hall–Kier alpha value is 0.204. The molecular formula is C12H25F2N3O3V. The number of nitrogens with zero attached hydrogens (tertiary/aromatic N) is 2. The Labute approximate surface area is 135 Å². The Balaban J connectivity index is 0.000000961. The van der Waals surface area contributed by atoms with Crippen molar-refractivity contribution in [3.8, 4) is 0 Å². The molecule has 1 spiro atoms. The van der Waals surface area contributed by atoms with Crippen LogP contribution in [0.3, 0.4) is 0 Å². The van der Waals surface area contributed by atoms with Crippen molar-refractivity contribution >= 4 is 0 Å². The van der Waals surface area contributed by atoms with Gasteiger partial charge in [-0.05, 0) is 38.1 Å². The number of piperidine rings is 1. The molecule has 1 aliphatic carbocycles. The molecule has 1 saturated carbocycles. The fourth-order valence-electron chi connectivity index (χ4n) is 3.51. The van der Waals surface area contributed by atoms with Crippen LogP contribution in [0.2, 0.25) is 0 Å². The molecule has 2 heterocycles. The minimum Gasteiger partial charge on any atom is -0.412 e. The largest absolute Gasteiger partial charge is 0.412 e. The molecule has 2 saturated heterocycles. The van der Waals surface area contributed by atoms with Gasteiger partial charge in [0.05, 0.1) is 0 Å². The van der Waals surface area contributed by atoms with Gasteiger partial charge in [0.1, 0.15) is 0 Å². The van der Waals surface area contributed by atoms with Gasteiger partial charge in [-0.2, -0.15) is 0 Å². The third-order valence-corrected chi connectivity index (χ3v) is 4.63. The van der Waals surface area contributed by atoms with Crippen LogP contribution in [0, 0.1) is 11.3 Å². The van der Waals surface area contributed by atoms with Gasteiger partial charge in [0, 0.05) is 56.2 Å². The van der Waals surface area contributed by atoms with E-state index in [0.717, 1.165) is 42.5 Å². The van der Waals surface area contributed by atoms with Crippen molar-refractivity contribution in [2.45, 2.75) is 31.7 Å². The first-order valence-electron chi connectivity index (χ1n) is 6.90. The third-order valence-electron chi connectivity index (χ3n) is 4.63. The van der Waals surface area contributed by atoms with Gasteiger partial charge in [0.15, 0.2) is 0 Å². The van der Waals surface area contributed by atoms with Crippen molar-refractivity contribution in [1.82, 2.24) is 15.6 Å². The number of rotatable bonds is 3. The molecule has 1 radical (unpaired) electrons. The van der Waals surface area contributed by atoms with E-state index in [1.54, 1.807) is 0 Å². The summed E-state index contributed by atoms with van der Waals surface area (Å²) in [6.07, 6.45) is 4.16. The van der Waals surface area contributed by atoms with Crippen LogP contribution in [0.4, 0.5) is 8.96 Å². The van der Waals surface area contributed by atoms with Crippen LogP contribution >= 0.6 is 0 Å². The third kappa shape index (κ3) is 5.40. The van der Waals surface area contributed by atoms with Gasteiger partial charge in [0.2, 0.25) is 0 Å². The van der Waals surface area contributed by atoms with E-state index in [9.17, 15) is 8.96 Å². The van der Waals surface area contributed by atoms with Crippen LogP contribution in [0.25, 0.3) is 0 Å². The summed E-state index contributed by atoms with van der Waals surface area (Å²) in [7, 11) is 0. The summed E-state index contributed by atoms with van der Waals surface area (Å²) in [5.41, 5.74) is 0.300. The van der Waals surface area contributed by atoms with E-state index in [0.29, 0.717) is 43.6 Å². The average Bonchev–Trinajstić information content (AvgIpc) is 2.35. The van der Waals surface area contributed by atoms with Gasteiger partial charge >= 0.3 is 0 Å². The van der Waals surface area contributed by atoms with Crippen LogP contribution in [0.5, 0.6) is 0 Å². The minimum atomic E-state index is 0. The number of halogens is 2. The second-order valence-electron chi connectivity index (χ2n) is 6.15. The molecule has 5 N–H and O–H groups in total. The zero-order valence-corrected chi connectivity index (χ0v) is 13.4. The predicted molar refractivity (Wildman–Crippen MR) is 70.4 cm³/mol. The van der Waals surface area contributed by atoms with Crippen molar-refractivity contribution in [3.63, 3.8) is 0 Å². The molecule has 2 aliphatic heterocycles. The molecule has 0 aromatic rings. The summed E-state index contributed by atoms with van der Waals surface area (Å²) in [5.74, 6) is 0.623. The van der Waals surface area contributed by atoms with Gasteiger partial charge in [-0.3, -0.25) is 10.5 Å². The molecule has 0 amide bonds. The molecular weight excluding hydrogens is 323 g/mol. The summed E-state index contributed by atoms with van der Waals surface area (Å²) in [6, 6.07) is 0.576. The Morgan fingerprint density at radius 1 is 1.05 bits per heavy atom. The Morgan fingerprint density at radius 3 is 2.05 bits per heavy atom. The van der Waals surface area contributed by atoms with Crippen molar-refractivity contribution < 1.29 is 43.5 Å². The Morgan fingerprint density at radius 2 is 1.57 bits per heavy atom. The van der Waals surface area contributed by atoms with E-state index in [2.05, 4.69) is 5.32 Å². The molecule has 3 rings (SSSR count). The van der Waals surface area contributed by atoms with Crippen molar-refractivity contribution in [1.29, 1.82) is 0 Å². The van der Waals surface area contributed by atoms with Gasteiger partial charge in [0.25, 0.3) is 0 Å². The Bertz CT molecular complexity index is 283. The summed E-state index contributed by atoms with van der Waals surface area (Å²) < 4.78 is 25.4. The first-order valence-corrected chi connectivity index (χ1v) is 6.90. The van der Waals surface area contributed by atoms with E-state index in [1.807, 2.05) is 0 Å². The molecule has 0 aromatic heterocycles. The van der Waals surface area contributed by atoms with E-state index >= 15 is 0 Å². The van der Waals surface area contributed by atoms with E-state index in [4.69, 9.17) is 10.5 Å². The fraction of sp³-hybridized carbons (Fsp3) is 1.00. The molecule has 125 valence electrons. The van der Waals surface area contributed by atoms with Crippen LogP contribution < -0.4 is 5.32 Å². The van der Waals surface area contributed by atoms with Crippen LogP contribution in [-0.4, -0.2) is 65.0 Å². The molecule has 0 bridgehead atoms. The predicted octanol–water partition coefficient (Wildman–Crippen LogP) is 0.712. The summed E-state index contributed by atoms with van der Waals surface area (Å²) in [6.45, 7) is 3.43. The monoisotopic (exact) mass is 348 g/mol. The molecule has 3 fully saturated rings. The van der Waals surface area contributed by atoms with Crippen LogP contribution in [-0.2, 0) is 18.6 Å². The normalized spacial score (nSPS) is 25.7. The number of hydrogen-bond donors (Lipinski definition) is 3.